The smallest absolute Gasteiger partial charge is 0.123 e. The Morgan fingerprint density at radius 3 is 2.79 bits per heavy atom. The van der Waals surface area contributed by atoms with Crippen molar-refractivity contribution in [1.82, 2.24) is 14.8 Å². The predicted molar refractivity (Wildman–Crippen MR) is 122 cm³/mol. The maximum absolute atomic E-state index is 13.4. The number of halogens is 1. The van der Waals surface area contributed by atoms with Crippen molar-refractivity contribution in [2.45, 2.75) is 50.5 Å². The zero-order chi connectivity index (χ0) is 22.6. The number of rotatable bonds is 5. The van der Waals surface area contributed by atoms with E-state index in [1.54, 1.807) is 24.4 Å². The fraction of sp³-hybridized carbons (Fsp3) is 0.370. The maximum atomic E-state index is 13.4. The molecule has 2 atom stereocenters. The molecule has 3 aromatic rings. The van der Waals surface area contributed by atoms with Crippen molar-refractivity contribution < 1.29 is 9.50 Å². The molecule has 1 aromatic carbocycles. The van der Waals surface area contributed by atoms with E-state index in [1.165, 1.54) is 17.7 Å². The third-order valence-electron chi connectivity index (χ3n) is 7.96. The summed E-state index contributed by atoms with van der Waals surface area (Å²) in [6.07, 6.45) is 11.8. The summed E-state index contributed by atoms with van der Waals surface area (Å²) >= 11 is 0. The monoisotopic (exact) mass is 440 g/mol. The topological polar surface area (TPSA) is 74.7 Å². The lowest BCUT2D eigenvalue weighted by Gasteiger charge is -2.46. The summed E-state index contributed by atoms with van der Waals surface area (Å²) in [5, 5.41) is 25.9. The highest BCUT2D eigenvalue weighted by molar-refractivity contribution is 5.63. The number of pyridine rings is 1. The second-order valence-electron chi connectivity index (χ2n) is 9.71. The second-order valence-corrected chi connectivity index (χ2v) is 9.71. The zero-order valence-electron chi connectivity index (χ0n) is 18.3. The van der Waals surface area contributed by atoms with Crippen LogP contribution in [0.2, 0.25) is 0 Å². The van der Waals surface area contributed by atoms with Gasteiger partial charge in [-0.1, -0.05) is 5.57 Å². The molecule has 2 aromatic heterocycles. The van der Waals surface area contributed by atoms with Gasteiger partial charge < -0.3 is 5.11 Å². The Kier molecular flexibility index (Phi) is 4.53. The standard InChI is InChI=1S/C27H25FN4O/c28-22-3-5-24(6-4-22)32-25-14-21-7-10-26(33,11-8-23-13-18(16-29)9-12-30-23)27(21,20-1-2-20)15-19(25)17-31-32/h3-6,9,12-14,17,20,33H,1-2,7-8,10-11,15H2/t26-,27-/m1/s1. The molecule has 1 N–H and O–H groups in total. The van der Waals surface area contributed by atoms with Gasteiger partial charge in [0, 0.05) is 17.3 Å². The number of nitriles is 1. The molecule has 0 bridgehead atoms. The van der Waals surface area contributed by atoms with Gasteiger partial charge >= 0.3 is 0 Å². The van der Waals surface area contributed by atoms with Gasteiger partial charge in [0.1, 0.15) is 5.82 Å². The van der Waals surface area contributed by atoms with E-state index in [4.69, 9.17) is 0 Å². The van der Waals surface area contributed by atoms with Crippen molar-refractivity contribution in [2.24, 2.45) is 11.3 Å². The van der Waals surface area contributed by atoms with Gasteiger partial charge in [0.15, 0.2) is 0 Å². The summed E-state index contributed by atoms with van der Waals surface area (Å²) < 4.78 is 15.3. The quantitative estimate of drug-likeness (QED) is 0.620. The minimum atomic E-state index is -0.806. The largest absolute Gasteiger partial charge is 0.389 e. The average molecular weight is 441 g/mol. The highest BCUT2D eigenvalue weighted by Gasteiger charge is 2.63. The zero-order valence-corrected chi connectivity index (χ0v) is 18.3. The summed E-state index contributed by atoms with van der Waals surface area (Å²) in [6, 6.07) is 12.1. The summed E-state index contributed by atoms with van der Waals surface area (Å²) in [4.78, 5) is 4.43. The Bertz CT molecular complexity index is 1300. The molecule has 0 saturated heterocycles. The van der Waals surface area contributed by atoms with E-state index >= 15 is 0 Å². The Labute approximate surface area is 192 Å². The predicted octanol–water partition coefficient (Wildman–Crippen LogP) is 4.77. The SMILES string of the molecule is N#Cc1ccnc(CC[C@]2(O)CCC3=Cc4c(cnn4-c4ccc(F)cc4)C[C@@]32C2CC2)c1. The third kappa shape index (κ3) is 3.14. The van der Waals surface area contributed by atoms with Crippen LogP contribution in [0.25, 0.3) is 11.8 Å². The molecule has 0 amide bonds. The number of aryl methyl sites for hydroxylation is 1. The number of benzene rings is 1. The Morgan fingerprint density at radius 2 is 2.03 bits per heavy atom. The highest BCUT2D eigenvalue weighted by Crippen LogP contribution is 2.66. The fourth-order valence-electron chi connectivity index (χ4n) is 6.23. The van der Waals surface area contributed by atoms with Crippen LogP contribution in [-0.2, 0) is 12.8 Å². The van der Waals surface area contributed by atoms with Gasteiger partial charge in [0.25, 0.3) is 0 Å². The lowest BCUT2D eigenvalue weighted by atomic mass is 9.61. The van der Waals surface area contributed by atoms with Crippen LogP contribution in [0.1, 0.15) is 54.6 Å². The number of aliphatic hydroxyl groups is 1. The average Bonchev–Trinajstić information content (AvgIpc) is 3.56. The molecular weight excluding hydrogens is 415 g/mol. The van der Waals surface area contributed by atoms with Crippen LogP contribution >= 0.6 is 0 Å². The molecule has 2 fully saturated rings. The molecule has 0 radical (unpaired) electrons. The van der Waals surface area contributed by atoms with Crippen LogP contribution in [0.3, 0.4) is 0 Å². The number of nitrogens with zero attached hydrogens (tertiary/aromatic N) is 4. The Morgan fingerprint density at radius 1 is 1.21 bits per heavy atom. The summed E-state index contributed by atoms with van der Waals surface area (Å²) in [5.74, 6) is 0.221. The number of hydrogen-bond donors (Lipinski definition) is 1. The van der Waals surface area contributed by atoms with E-state index in [0.717, 1.165) is 54.7 Å². The van der Waals surface area contributed by atoms with Gasteiger partial charge in [-0.05, 0) is 98.9 Å². The number of aromatic nitrogens is 3. The second kappa shape index (κ2) is 7.36. The van der Waals surface area contributed by atoms with Crippen LogP contribution in [0.5, 0.6) is 0 Å². The van der Waals surface area contributed by atoms with Crippen LogP contribution < -0.4 is 0 Å². The van der Waals surface area contributed by atoms with E-state index in [0.29, 0.717) is 24.3 Å². The molecule has 2 heterocycles. The summed E-state index contributed by atoms with van der Waals surface area (Å²) in [6.45, 7) is 0. The van der Waals surface area contributed by atoms with Gasteiger partial charge in [-0.2, -0.15) is 10.4 Å². The van der Waals surface area contributed by atoms with E-state index in [9.17, 15) is 14.8 Å². The van der Waals surface area contributed by atoms with Crippen molar-refractivity contribution in [3.8, 4) is 11.8 Å². The number of fused-ring (bicyclic) bond motifs is 2. The first-order valence-corrected chi connectivity index (χ1v) is 11.6. The van der Waals surface area contributed by atoms with Crippen molar-refractivity contribution >= 4 is 6.08 Å². The van der Waals surface area contributed by atoms with Gasteiger partial charge in [0.05, 0.1) is 34.8 Å². The molecule has 6 heteroatoms. The number of hydrogen-bond acceptors (Lipinski definition) is 4. The van der Waals surface area contributed by atoms with Crippen molar-refractivity contribution in [3.05, 3.63) is 82.7 Å². The van der Waals surface area contributed by atoms with E-state index in [-0.39, 0.29) is 11.2 Å². The van der Waals surface area contributed by atoms with E-state index in [2.05, 4.69) is 22.2 Å². The first-order chi connectivity index (χ1) is 16.0. The van der Waals surface area contributed by atoms with Gasteiger partial charge in [-0.3, -0.25) is 4.98 Å². The highest BCUT2D eigenvalue weighted by atomic mass is 19.1. The fourth-order valence-corrected chi connectivity index (χ4v) is 6.23. The summed E-state index contributed by atoms with van der Waals surface area (Å²) in [5.41, 5.74) is 4.73. The van der Waals surface area contributed by atoms with E-state index < -0.39 is 5.60 Å². The molecule has 2 saturated carbocycles. The van der Waals surface area contributed by atoms with Crippen LogP contribution in [0, 0.1) is 28.5 Å². The molecule has 33 heavy (non-hydrogen) atoms. The van der Waals surface area contributed by atoms with Crippen molar-refractivity contribution in [2.75, 3.05) is 0 Å². The van der Waals surface area contributed by atoms with Crippen LogP contribution in [-0.4, -0.2) is 25.5 Å². The van der Waals surface area contributed by atoms with E-state index in [1.807, 2.05) is 16.9 Å². The lowest BCUT2D eigenvalue weighted by molar-refractivity contribution is -0.0662. The van der Waals surface area contributed by atoms with Gasteiger partial charge in [0.2, 0.25) is 0 Å². The molecule has 3 aliphatic rings. The molecule has 6 rings (SSSR count). The maximum Gasteiger partial charge on any atom is 0.123 e. The molecular formula is C27H25FN4O. The minimum Gasteiger partial charge on any atom is -0.389 e. The molecule has 166 valence electrons. The molecule has 0 aliphatic heterocycles. The van der Waals surface area contributed by atoms with Gasteiger partial charge in [-0.15, -0.1) is 0 Å². The molecule has 5 nitrogen and oxygen atoms in total. The van der Waals surface area contributed by atoms with Crippen LogP contribution in [0.15, 0.2) is 54.4 Å². The van der Waals surface area contributed by atoms with Crippen LogP contribution in [0.4, 0.5) is 4.39 Å². The lowest BCUT2D eigenvalue weighted by Crippen LogP contribution is -2.49. The molecule has 0 unspecified atom stereocenters. The van der Waals surface area contributed by atoms with Crippen molar-refractivity contribution in [1.29, 1.82) is 5.26 Å². The van der Waals surface area contributed by atoms with Crippen molar-refractivity contribution in [3.63, 3.8) is 0 Å². The minimum absolute atomic E-state index is 0.260. The first-order valence-electron chi connectivity index (χ1n) is 11.6. The Balaban J connectivity index is 1.35. The van der Waals surface area contributed by atoms with Gasteiger partial charge in [-0.25, -0.2) is 9.07 Å². The molecule has 3 aliphatic carbocycles. The third-order valence-corrected chi connectivity index (χ3v) is 7.96. The molecule has 0 spiro atoms. The Hall–Kier alpha value is -3.30. The normalized spacial score (nSPS) is 25.8. The first kappa shape index (κ1) is 20.3. The summed E-state index contributed by atoms with van der Waals surface area (Å²) in [7, 11) is 0.